The van der Waals surface area contributed by atoms with Gasteiger partial charge >= 0.3 is 5.97 Å². The lowest BCUT2D eigenvalue weighted by atomic mass is 9.86. The zero-order valence-electron chi connectivity index (χ0n) is 16.5. The Kier molecular flexibility index (Phi) is 3.69. The summed E-state index contributed by atoms with van der Waals surface area (Å²) in [6.07, 6.45) is 0.0301. The quantitative estimate of drug-likeness (QED) is 0.456. The van der Waals surface area contributed by atoms with Gasteiger partial charge in [0, 0.05) is 22.8 Å². The summed E-state index contributed by atoms with van der Waals surface area (Å²) < 4.78 is 22.8. The van der Waals surface area contributed by atoms with E-state index in [0.717, 1.165) is 5.75 Å². The number of fused-ring (bicyclic) bond motifs is 5. The highest BCUT2D eigenvalue weighted by Crippen LogP contribution is 2.40. The molecule has 0 saturated heterocycles. The van der Waals surface area contributed by atoms with Crippen molar-refractivity contribution in [2.24, 2.45) is 0 Å². The molecule has 0 spiro atoms. The highest BCUT2D eigenvalue weighted by Gasteiger charge is 2.45. The number of halogens is 1. The van der Waals surface area contributed by atoms with Gasteiger partial charge in [-0.05, 0) is 24.6 Å². The van der Waals surface area contributed by atoms with Crippen molar-refractivity contribution in [2.75, 3.05) is 5.75 Å². The molecule has 0 radical (unpaired) electrons. The second-order valence-electron chi connectivity index (χ2n) is 8.05. The zero-order valence-corrected chi connectivity index (χ0v) is 17.3. The van der Waals surface area contributed by atoms with Crippen LogP contribution in [0.1, 0.15) is 30.2 Å². The zero-order chi connectivity index (χ0) is 21.7. The number of benzene rings is 1. The van der Waals surface area contributed by atoms with Gasteiger partial charge in [-0.3, -0.25) is 9.59 Å². The molecule has 5 heterocycles. The third-order valence-corrected chi connectivity index (χ3v) is 7.58. The number of aryl methyl sites for hydroxylation is 1. The Morgan fingerprint density at radius 3 is 2.81 bits per heavy atom. The smallest absolute Gasteiger partial charge is 0.343 e. The molecule has 1 aromatic carbocycles. The van der Waals surface area contributed by atoms with E-state index in [1.54, 1.807) is 13.0 Å². The third-order valence-electron chi connectivity index (χ3n) is 6.58. The predicted octanol–water partition coefficient (Wildman–Crippen LogP) is 2.09. The molecule has 0 aliphatic carbocycles. The lowest BCUT2D eigenvalue weighted by molar-refractivity contribution is -0.172. The maximum absolute atomic E-state index is 14.2. The van der Waals surface area contributed by atoms with E-state index in [1.165, 1.54) is 28.5 Å². The highest BCUT2D eigenvalue weighted by molar-refractivity contribution is 7.99. The van der Waals surface area contributed by atoms with Gasteiger partial charge in [-0.25, -0.2) is 9.18 Å². The van der Waals surface area contributed by atoms with Crippen molar-refractivity contribution in [3.63, 3.8) is 0 Å². The molecule has 0 fully saturated rings. The Hall–Kier alpha value is -2.91. The van der Waals surface area contributed by atoms with E-state index in [2.05, 4.69) is 0 Å². The number of hydrogen-bond donors (Lipinski definition) is 1. The standard InChI is InChI=1S/C22H17FN2O5S/c1-2-22(29)13-7-14-17-15(8-25(14)20(27)12(13)9-30-21(22)28)24-3-4-31-16-6-10(23)5-11(18(16)24)19(17)26/h5-7,29H,2-4,8-9H2,1H3/t22-/m0/s1. The molecule has 1 N–H and O–H groups in total. The van der Waals surface area contributed by atoms with E-state index in [1.807, 2.05) is 4.57 Å². The molecule has 0 unspecified atom stereocenters. The Labute approximate surface area is 179 Å². The Balaban J connectivity index is 1.73. The van der Waals surface area contributed by atoms with Crippen LogP contribution in [0.3, 0.4) is 0 Å². The summed E-state index contributed by atoms with van der Waals surface area (Å²) in [5.74, 6) is -0.566. The summed E-state index contributed by atoms with van der Waals surface area (Å²) in [5, 5.41) is 11.2. The minimum absolute atomic E-state index is 0.0301. The number of thioether (sulfide) groups is 1. The molecule has 31 heavy (non-hydrogen) atoms. The van der Waals surface area contributed by atoms with Crippen LogP contribution < -0.4 is 11.0 Å². The number of rotatable bonds is 1. The second kappa shape index (κ2) is 6.08. The van der Waals surface area contributed by atoms with Gasteiger partial charge in [0.15, 0.2) is 11.0 Å². The molecule has 3 aliphatic rings. The number of hydrogen-bond acceptors (Lipinski definition) is 6. The highest BCUT2D eigenvalue weighted by atomic mass is 32.2. The van der Waals surface area contributed by atoms with Crippen molar-refractivity contribution in [1.82, 2.24) is 9.13 Å². The number of aliphatic hydroxyl groups is 1. The number of esters is 1. The van der Waals surface area contributed by atoms with E-state index in [-0.39, 0.29) is 41.5 Å². The van der Waals surface area contributed by atoms with Crippen LogP contribution in [0.2, 0.25) is 0 Å². The Morgan fingerprint density at radius 2 is 2.03 bits per heavy atom. The molecule has 3 aliphatic heterocycles. The molecule has 158 valence electrons. The van der Waals surface area contributed by atoms with E-state index in [0.29, 0.717) is 33.9 Å². The molecule has 0 bridgehead atoms. The van der Waals surface area contributed by atoms with Gasteiger partial charge in [-0.2, -0.15) is 0 Å². The van der Waals surface area contributed by atoms with Crippen LogP contribution >= 0.6 is 11.8 Å². The van der Waals surface area contributed by atoms with Crippen molar-refractivity contribution in [3.8, 4) is 11.3 Å². The number of pyridine rings is 2. The van der Waals surface area contributed by atoms with Crippen LogP contribution in [0.25, 0.3) is 22.2 Å². The van der Waals surface area contributed by atoms with E-state index >= 15 is 0 Å². The maximum atomic E-state index is 14.2. The topological polar surface area (TPSA) is 90.5 Å². The maximum Gasteiger partial charge on any atom is 0.343 e. The molecule has 3 aromatic rings. The second-order valence-corrected chi connectivity index (χ2v) is 9.19. The van der Waals surface area contributed by atoms with Crippen molar-refractivity contribution in [1.29, 1.82) is 0 Å². The van der Waals surface area contributed by atoms with Crippen LogP contribution in [0.4, 0.5) is 4.39 Å². The average molecular weight is 440 g/mol. The summed E-state index contributed by atoms with van der Waals surface area (Å²) in [5.41, 5.74) is -0.226. The van der Waals surface area contributed by atoms with Gasteiger partial charge in [0.25, 0.3) is 5.56 Å². The van der Waals surface area contributed by atoms with Crippen LogP contribution in [-0.2, 0) is 34.8 Å². The molecule has 7 nitrogen and oxygen atoms in total. The fraction of sp³-hybridized carbons (Fsp3) is 0.318. The number of cyclic esters (lactones) is 1. The number of aromatic nitrogens is 2. The molecule has 0 saturated carbocycles. The average Bonchev–Trinajstić information content (AvgIpc) is 3.15. The van der Waals surface area contributed by atoms with Gasteiger partial charge in [-0.1, -0.05) is 6.92 Å². The van der Waals surface area contributed by atoms with Crippen molar-refractivity contribution in [3.05, 3.63) is 61.4 Å². The van der Waals surface area contributed by atoms with E-state index in [4.69, 9.17) is 4.74 Å². The van der Waals surface area contributed by atoms with Crippen LogP contribution in [0, 0.1) is 5.82 Å². The van der Waals surface area contributed by atoms with Gasteiger partial charge in [-0.15, -0.1) is 11.8 Å². The van der Waals surface area contributed by atoms with Crippen molar-refractivity contribution in [2.45, 2.75) is 43.5 Å². The first-order chi connectivity index (χ1) is 14.8. The molecule has 6 rings (SSSR count). The Morgan fingerprint density at radius 1 is 1.23 bits per heavy atom. The van der Waals surface area contributed by atoms with Crippen molar-refractivity contribution < 1.29 is 19.0 Å². The Bertz CT molecular complexity index is 1470. The first-order valence-corrected chi connectivity index (χ1v) is 11.0. The minimum atomic E-state index is -1.94. The summed E-state index contributed by atoms with van der Waals surface area (Å²) in [4.78, 5) is 39.8. The lowest BCUT2D eigenvalue weighted by Crippen LogP contribution is -2.44. The number of carbonyl (C=O) groups is 1. The SMILES string of the molecule is CC[C@@]1(O)C(=O)OCc2c1cc1n(c2=O)Cc2c-1c(=O)c1cc(F)cc3c1n2CCS3. The minimum Gasteiger partial charge on any atom is -0.458 e. The first-order valence-electron chi connectivity index (χ1n) is 10.0. The van der Waals surface area contributed by atoms with Crippen LogP contribution in [0.15, 0.2) is 32.7 Å². The molecule has 2 aromatic heterocycles. The fourth-order valence-electron chi connectivity index (χ4n) is 5.01. The van der Waals surface area contributed by atoms with E-state index in [9.17, 15) is 23.9 Å². The fourth-order valence-corrected chi connectivity index (χ4v) is 6.05. The van der Waals surface area contributed by atoms with Crippen molar-refractivity contribution >= 4 is 28.6 Å². The third kappa shape index (κ3) is 2.25. The lowest BCUT2D eigenvalue weighted by Gasteiger charge is -2.31. The molecule has 1 atom stereocenters. The summed E-state index contributed by atoms with van der Waals surface area (Å²) in [6.45, 7) is 2.24. The van der Waals surface area contributed by atoms with Gasteiger partial charge < -0.3 is 19.0 Å². The molecule has 0 amide bonds. The summed E-state index contributed by atoms with van der Waals surface area (Å²) in [7, 11) is 0. The predicted molar refractivity (Wildman–Crippen MR) is 112 cm³/mol. The number of carbonyl (C=O) groups excluding carboxylic acids is 1. The van der Waals surface area contributed by atoms with Crippen LogP contribution in [-0.4, -0.2) is 26.0 Å². The van der Waals surface area contributed by atoms with Gasteiger partial charge in [0.1, 0.15) is 12.4 Å². The molecular weight excluding hydrogens is 423 g/mol. The number of ether oxygens (including phenoxy) is 1. The molecule has 9 heteroatoms. The van der Waals surface area contributed by atoms with Gasteiger partial charge in [0.05, 0.1) is 40.0 Å². The normalized spacial score (nSPS) is 20.9. The van der Waals surface area contributed by atoms with Gasteiger partial charge in [0.2, 0.25) is 0 Å². The number of nitrogens with zero attached hydrogens (tertiary/aromatic N) is 2. The monoisotopic (exact) mass is 440 g/mol. The largest absolute Gasteiger partial charge is 0.458 e. The summed E-state index contributed by atoms with van der Waals surface area (Å²) >= 11 is 1.50. The van der Waals surface area contributed by atoms with Crippen LogP contribution in [0.5, 0.6) is 0 Å². The summed E-state index contributed by atoms with van der Waals surface area (Å²) in [6, 6.07) is 4.24. The van der Waals surface area contributed by atoms with E-state index < -0.39 is 22.9 Å². The first kappa shape index (κ1) is 18.8. The molecular formula is C22H17FN2O5S.